The molecule has 0 aliphatic carbocycles. The average Bonchev–Trinajstić information content (AvgIpc) is 3.62. The Labute approximate surface area is 242 Å². The molecule has 3 amide bonds. The van der Waals surface area contributed by atoms with Gasteiger partial charge in [-0.15, -0.1) is 0 Å². The minimum atomic E-state index is -3.89. The number of benzene rings is 2. The van der Waals surface area contributed by atoms with Crippen LogP contribution in [0.25, 0.3) is 0 Å². The monoisotopic (exact) mass is 610 g/mol. The summed E-state index contributed by atoms with van der Waals surface area (Å²) in [7, 11) is -3.89. The highest BCUT2D eigenvalue weighted by atomic mass is 32.2. The quantitative estimate of drug-likeness (QED) is 0.315. The number of aromatic nitrogens is 1. The number of rotatable bonds is 6. The topological polar surface area (TPSA) is 162 Å². The van der Waals surface area contributed by atoms with Crippen LogP contribution in [0.15, 0.2) is 86.1 Å². The van der Waals surface area contributed by atoms with Gasteiger partial charge in [0, 0.05) is 5.69 Å². The van der Waals surface area contributed by atoms with Crippen molar-refractivity contribution in [3.05, 3.63) is 92.8 Å². The summed E-state index contributed by atoms with van der Waals surface area (Å²) in [5.74, 6) is -2.36. The van der Waals surface area contributed by atoms with Crippen LogP contribution in [0.3, 0.4) is 0 Å². The molecule has 3 atom stereocenters. The van der Waals surface area contributed by atoms with Crippen LogP contribution >= 0.6 is 23.1 Å². The first-order valence-corrected chi connectivity index (χ1v) is 15.6. The van der Waals surface area contributed by atoms with E-state index in [1.54, 1.807) is 24.3 Å². The van der Waals surface area contributed by atoms with E-state index in [1.165, 1.54) is 40.0 Å². The summed E-state index contributed by atoms with van der Waals surface area (Å²) >= 11 is 2.01. The maximum atomic E-state index is 13.8. The maximum Gasteiger partial charge on any atom is 0.308 e. The van der Waals surface area contributed by atoms with Crippen molar-refractivity contribution in [2.45, 2.75) is 34.6 Å². The molecule has 2 aliphatic rings. The number of carbonyl (C=O) groups is 3. The summed E-state index contributed by atoms with van der Waals surface area (Å²) in [6, 6.07) is 15.8. The fraction of sp³-hybridized carbons (Fsp3) is 0.185. The number of nitrogens with one attached hydrogen (secondary N) is 1. The molecule has 0 bridgehead atoms. The Balaban J connectivity index is 1.33. The van der Waals surface area contributed by atoms with Crippen molar-refractivity contribution in [1.82, 2.24) is 4.57 Å². The molecule has 2 aromatic heterocycles. The van der Waals surface area contributed by atoms with Gasteiger partial charge >= 0.3 is 4.87 Å². The van der Waals surface area contributed by atoms with Gasteiger partial charge in [0.05, 0.1) is 38.6 Å². The molecular formula is C27H22N4O7S3. The number of nitrogens with zero attached hydrogens (tertiary/aromatic N) is 2. The molecule has 6 rings (SSSR count). The zero-order valence-electron chi connectivity index (χ0n) is 21.3. The summed E-state index contributed by atoms with van der Waals surface area (Å²) in [5, 5.41) is 7.35. The van der Waals surface area contributed by atoms with Gasteiger partial charge in [0.15, 0.2) is 0 Å². The molecule has 14 heteroatoms. The zero-order valence-corrected chi connectivity index (χ0v) is 23.8. The molecule has 4 aromatic rings. The van der Waals surface area contributed by atoms with Gasteiger partial charge in [-0.05, 0) is 55.5 Å². The molecule has 0 saturated carbocycles. The number of primary sulfonamides is 1. The Morgan fingerprint density at radius 3 is 2.37 bits per heavy atom. The van der Waals surface area contributed by atoms with Crippen molar-refractivity contribution in [1.29, 1.82) is 0 Å². The van der Waals surface area contributed by atoms with E-state index in [2.05, 4.69) is 5.32 Å². The molecule has 0 spiro atoms. The number of fused-ring (bicyclic) bond motifs is 2. The number of anilines is 2. The second-order valence-electron chi connectivity index (χ2n) is 9.65. The van der Waals surface area contributed by atoms with Crippen LogP contribution in [0.1, 0.15) is 22.1 Å². The van der Waals surface area contributed by atoms with Crippen LogP contribution in [0.2, 0.25) is 0 Å². The molecule has 3 N–H and O–H groups in total. The van der Waals surface area contributed by atoms with Crippen LogP contribution < -0.4 is 20.2 Å². The predicted molar refractivity (Wildman–Crippen MR) is 152 cm³/mol. The molecule has 1 saturated heterocycles. The van der Waals surface area contributed by atoms with Crippen molar-refractivity contribution in [2.24, 2.45) is 11.1 Å². The molecule has 41 heavy (non-hydrogen) atoms. The first-order chi connectivity index (χ1) is 19.5. The van der Waals surface area contributed by atoms with Crippen molar-refractivity contribution < 1.29 is 27.2 Å². The van der Waals surface area contributed by atoms with Gasteiger partial charge in [0.1, 0.15) is 17.6 Å². The summed E-state index contributed by atoms with van der Waals surface area (Å²) < 4.78 is 30.0. The fourth-order valence-corrected chi connectivity index (χ4v) is 8.32. The van der Waals surface area contributed by atoms with Gasteiger partial charge in [-0.1, -0.05) is 40.8 Å². The number of nitrogens with two attached hydrogens (primary N) is 1. The standard InChI is InChI=1S/C27H22N4O7S3/c1-14-4-8-16(9-5-14)31-24(33)21-20(18-3-2-12-38-18)23-26(39-22(21)25(31)34)30(27(35)40-23)13-19(32)29-15-6-10-17(11-7-15)41(28,36)37/h2-12,20-22H,13H2,1H3,(H,29,32)(H2,28,36,37)/t20-,21-,22+/m0/s1. The first kappa shape index (κ1) is 27.2. The normalized spacial score (nSPS) is 20.1. The minimum Gasteiger partial charge on any atom is -0.469 e. The summed E-state index contributed by atoms with van der Waals surface area (Å²) in [4.78, 5) is 54.8. The number of furan rings is 1. The predicted octanol–water partition coefficient (Wildman–Crippen LogP) is 2.89. The molecule has 2 aliphatic heterocycles. The third-order valence-corrected chi connectivity index (χ3v) is 10.5. The Hall–Kier alpha value is -3.98. The molecule has 0 radical (unpaired) electrons. The lowest BCUT2D eigenvalue weighted by molar-refractivity contribution is -0.122. The lowest BCUT2D eigenvalue weighted by Gasteiger charge is -2.29. The lowest BCUT2D eigenvalue weighted by Crippen LogP contribution is -2.32. The van der Waals surface area contributed by atoms with Crippen molar-refractivity contribution in [2.75, 3.05) is 10.2 Å². The van der Waals surface area contributed by atoms with E-state index < -0.39 is 43.8 Å². The number of carbonyl (C=O) groups excluding carboxylic acids is 3. The van der Waals surface area contributed by atoms with E-state index in [-0.39, 0.29) is 17.3 Å². The lowest BCUT2D eigenvalue weighted by atomic mass is 9.87. The summed E-state index contributed by atoms with van der Waals surface area (Å²) in [6.45, 7) is 1.55. The van der Waals surface area contributed by atoms with Crippen molar-refractivity contribution >= 4 is 62.2 Å². The van der Waals surface area contributed by atoms with Crippen LogP contribution in [0, 0.1) is 12.8 Å². The van der Waals surface area contributed by atoms with Gasteiger partial charge in [-0.25, -0.2) is 18.5 Å². The minimum absolute atomic E-state index is 0.107. The van der Waals surface area contributed by atoms with Crippen molar-refractivity contribution in [3.8, 4) is 0 Å². The van der Waals surface area contributed by atoms with E-state index in [9.17, 15) is 27.6 Å². The van der Waals surface area contributed by atoms with E-state index in [0.29, 0.717) is 27.0 Å². The second kappa shape index (κ2) is 10.1. The third kappa shape index (κ3) is 4.82. The number of imide groups is 1. The molecule has 4 heterocycles. The first-order valence-electron chi connectivity index (χ1n) is 12.3. The van der Waals surface area contributed by atoms with Crippen LogP contribution in [-0.4, -0.2) is 36.0 Å². The number of hydrogen-bond acceptors (Lipinski definition) is 9. The summed E-state index contributed by atoms with van der Waals surface area (Å²) in [5.41, 5.74) is 1.76. The van der Waals surface area contributed by atoms with Gasteiger partial charge < -0.3 is 9.73 Å². The van der Waals surface area contributed by atoms with Gasteiger partial charge in [-0.3, -0.25) is 23.7 Å². The van der Waals surface area contributed by atoms with Crippen LogP contribution in [-0.2, 0) is 31.0 Å². The molecule has 0 unspecified atom stereocenters. The molecule has 210 valence electrons. The van der Waals surface area contributed by atoms with Gasteiger partial charge in [0.2, 0.25) is 27.7 Å². The van der Waals surface area contributed by atoms with E-state index in [0.717, 1.165) is 28.7 Å². The Kier molecular flexibility index (Phi) is 6.72. The molecular weight excluding hydrogens is 589 g/mol. The van der Waals surface area contributed by atoms with Gasteiger partial charge in [0.25, 0.3) is 0 Å². The highest BCUT2D eigenvalue weighted by Gasteiger charge is 2.57. The highest BCUT2D eigenvalue weighted by Crippen LogP contribution is 2.53. The molecule has 11 nitrogen and oxygen atoms in total. The third-order valence-electron chi connectivity index (χ3n) is 6.96. The Morgan fingerprint density at radius 2 is 1.73 bits per heavy atom. The number of thioether (sulfide) groups is 1. The molecule has 1 fully saturated rings. The van der Waals surface area contributed by atoms with E-state index in [4.69, 9.17) is 9.56 Å². The number of sulfonamides is 1. The average molecular weight is 611 g/mol. The van der Waals surface area contributed by atoms with Crippen LogP contribution in [0.4, 0.5) is 11.4 Å². The SMILES string of the molecule is Cc1ccc(N2C(=O)[C@H]3[C@H](c4ccco4)c4sc(=O)n(CC(=O)Nc5ccc(S(N)(=O)=O)cc5)c4S[C@H]3C2=O)cc1. The number of aryl methyl sites for hydroxylation is 1. The fourth-order valence-electron chi connectivity index (χ4n) is 5.05. The number of amides is 3. The highest BCUT2D eigenvalue weighted by molar-refractivity contribution is 8.00. The second-order valence-corrected chi connectivity index (χ2v) is 13.3. The number of hydrogen-bond donors (Lipinski definition) is 2. The smallest absolute Gasteiger partial charge is 0.308 e. The molecule has 2 aromatic carbocycles. The van der Waals surface area contributed by atoms with Crippen molar-refractivity contribution in [3.63, 3.8) is 0 Å². The largest absolute Gasteiger partial charge is 0.469 e. The Bertz CT molecular complexity index is 1840. The van der Waals surface area contributed by atoms with Crippen LogP contribution in [0.5, 0.6) is 0 Å². The van der Waals surface area contributed by atoms with E-state index >= 15 is 0 Å². The van der Waals surface area contributed by atoms with Gasteiger partial charge in [-0.2, -0.15) is 0 Å². The maximum absolute atomic E-state index is 13.8. The summed E-state index contributed by atoms with van der Waals surface area (Å²) in [6.07, 6.45) is 1.47. The Morgan fingerprint density at radius 1 is 1.02 bits per heavy atom. The number of thiazole rings is 1. The zero-order chi connectivity index (χ0) is 29.1. The van der Waals surface area contributed by atoms with E-state index in [1.807, 2.05) is 19.1 Å².